The van der Waals surface area contributed by atoms with Gasteiger partial charge in [-0.15, -0.1) is 0 Å². The summed E-state index contributed by atoms with van der Waals surface area (Å²) in [5.74, 6) is 1.96. The van der Waals surface area contributed by atoms with E-state index in [1.54, 1.807) is 0 Å². The molecule has 0 aliphatic carbocycles. The van der Waals surface area contributed by atoms with E-state index in [4.69, 9.17) is 31.7 Å². The zero-order valence-electron chi connectivity index (χ0n) is 22.2. The van der Waals surface area contributed by atoms with E-state index >= 15 is 0 Å². The van der Waals surface area contributed by atoms with Crippen LogP contribution < -0.4 is 18.4 Å². The molecule has 38 heavy (non-hydrogen) atoms. The van der Waals surface area contributed by atoms with Gasteiger partial charge >= 0.3 is 229 Å². The van der Waals surface area contributed by atoms with Gasteiger partial charge in [-0.3, -0.25) is 0 Å². The van der Waals surface area contributed by atoms with Gasteiger partial charge in [0.05, 0.1) is 0 Å². The summed E-state index contributed by atoms with van der Waals surface area (Å²) in [6, 6.07) is 28.6. The molecule has 1 N–H and O–H groups in total. The fourth-order valence-corrected chi connectivity index (χ4v) is 9.77. The third-order valence-corrected chi connectivity index (χ3v) is 11.2. The summed E-state index contributed by atoms with van der Waals surface area (Å²) in [4.78, 5) is 3.44. The second kappa shape index (κ2) is 17.6. The Morgan fingerprint density at radius 1 is 0.711 bits per heavy atom. The van der Waals surface area contributed by atoms with Crippen LogP contribution in [0.3, 0.4) is 0 Å². The number of para-hydroxylation sites is 3. The topological polar surface area (TPSA) is 79.8 Å². The molecule has 3 rings (SSSR count). The fraction of sp³-hybridized carbons (Fsp3) is 0.333. The third-order valence-electron chi connectivity index (χ3n) is 4.69. The zero-order chi connectivity index (χ0) is 26.9. The minimum absolute atomic E-state index is 0.423. The van der Waals surface area contributed by atoms with Gasteiger partial charge in [0.15, 0.2) is 0 Å². The van der Waals surface area contributed by atoms with Crippen molar-refractivity contribution < 1.29 is 27.1 Å². The maximum absolute atomic E-state index is 6.56. The minimum atomic E-state index is -3.64. The normalized spacial score (nSPS) is 13.6. The van der Waals surface area contributed by atoms with E-state index in [9.17, 15) is 0 Å². The fourth-order valence-electron chi connectivity index (χ4n) is 2.98. The number of hydrogen-bond donors (Lipinski definition) is 1. The molecular weight excluding hydrogens is 541 g/mol. The predicted molar refractivity (Wildman–Crippen MR) is 159 cm³/mol. The Morgan fingerprint density at radius 3 is 1.84 bits per heavy atom. The average Bonchev–Trinajstić information content (AvgIpc) is 2.95. The van der Waals surface area contributed by atoms with E-state index in [0.29, 0.717) is 37.1 Å². The summed E-state index contributed by atoms with van der Waals surface area (Å²) >= 11 is 0. The van der Waals surface area contributed by atoms with E-state index in [-0.39, 0.29) is 0 Å². The molecule has 0 heterocycles. The van der Waals surface area contributed by atoms with Crippen LogP contribution in [0.1, 0.15) is 40.0 Å². The maximum atomic E-state index is 6.56. The molecule has 208 valence electrons. The molecule has 0 radical (unpaired) electrons. The molecule has 0 bridgehead atoms. The summed E-state index contributed by atoms with van der Waals surface area (Å²) in [5, 5.41) is 0. The van der Waals surface area contributed by atoms with Gasteiger partial charge in [0.2, 0.25) is 0 Å². The molecule has 0 saturated carbocycles. The Bertz CT molecular complexity index is 1070. The van der Waals surface area contributed by atoms with E-state index in [1.807, 2.05) is 112 Å². The number of benzene rings is 3. The molecule has 0 saturated heterocycles. The van der Waals surface area contributed by atoms with Crippen LogP contribution in [0.25, 0.3) is 0 Å². The summed E-state index contributed by atoms with van der Waals surface area (Å²) in [6.07, 6.45) is 2.42. The number of hydrogen-bond acceptors (Lipinski definition) is 8. The van der Waals surface area contributed by atoms with Crippen molar-refractivity contribution in [1.82, 2.24) is 4.86 Å². The molecule has 3 aromatic rings. The first kappa shape index (κ1) is 30.5. The molecule has 0 aliphatic rings. The van der Waals surface area contributed by atoms with Gasteiger partial charge in [-0.25, -0.2) is 0 Å². The van der Waals surface area contributed by atoms with E-state index in [1.165, 1.54) is 0 Å². The monoisotopic (exact) mass is 580 g/mol. The first-order chi connectivity index (χ1) is 18.7. The van der Waals surface area contributed by atoms with Gasteiger partial charge in [-0.05, 0) is 0 Å². The summed E-state index contributed by atoms with van der Waals surface area (Å²) in [5.41, 5.74) is 0. The van der Waals surface area contributed by atoms with E-state index < -0.39 is 24.7 Å². The third kappa shape index (κ3) is 11.0. The van der Waals surface area contributed by atoms with Crippen molar-refractivity contribution >= 4 is 24.7 Å². The Balaban J connectivity index is 2.03. The van der Waals surface area contributed by atoms with Crippen molar-refractivity contribution in [2.45, 2.75) is 40.0 Å². The molecule has 0 spiro atoms. The zero-order valence-corrected chi connectivity index (χ0v) is 25.1. The van der Waals surface area contributed by atoms with Crippen LogP contribution in [0.15, 0.2) is 95.5 Å². The number of rotatable bonds is 18. The van der Waals surface area contributed by atoms with Crippen molar-refractivity contribution in [2.24, 2.45) is 4.52 Å². The van der Waals surface area contributed by atoms with Gasteiger partial charge in [0.1, 0.15) is 0 Å². The van der Waals surface area contributed by atoms with Crippen molar-refractivity contribution in [3.63, 3.8) is 0 Å². The molecule has 0 amide bonds. The van der Waals surface area contributed by atoms with Gasteiger partial charge in [0, 0.05) is 0 Å². The van der Waals surface area contributed by atoms with Gasteiger partial charge < -0.3 is 0 Å². The van der Waals surface area contributed by atoms with Crippen LogP contribution in [-0.2, 0) is 13.6 Å². The van der Waals surface area contributed by atoms with Crippen molar-refractivity contribution in [2.75, 3.05) is 19.8 Å². The van der Waals surface area contributed by atoms with Crippen LogP contribution in [-0.4, -0.2) is 19.8 Å². The number of nitrogens with one attached hydrogen (secondary N) is 1. The second-order valence-corrected chi connectivity index (χ2v) is 13.5. The molecular formula is C27H39N2O6P3. The van der Waals surface area contributed by atoms with Crippen LogP contribution >= 0.6 is 24.7 Å². The predicted octanol–water partition coefficient (Wildman–Crippen LogP) is 8.96. The summed E-state index contributed by atoms with van der Waals surface area (Å²) in [7, 11) is -7.54. The van der Waals surface area contributed by atoms with E-state index in [0.717, 1.165) is 19.3 Å². The summed E-state index contributed by atoms with van der Waals surface area (Å²) in [6.45, 7) is 7.55. The molecule has 8 nitrogen and oxygen atoms in total. The molecule has 0 aromatic heterocycles. The molecule has 3 aromatic carbocycles. The van der Waals surface area contributed by atoms with Crippen LogP contribution in [0, 0.1) is 0 Å². The molecule has 11 heteroatoms. The first-order valence-electron chi connectivity index (χ1n) is 12.9. The number of nitrogens with zero attached hydrogens (tertiary/aromatic N) is 1. The van der Waals surface area contributed by atoms with Crippen molar-refractivity contribution in [1.29, 1.82) is 0 Å². The van der Waals surface area contributed by atoms with Crippen LogP contribution in [0.2, 0.25) is 0 Å². The Hall–Kier alpha value is -2.01. The van der Waals surface area contributed by atoms with Gasteiger partial charge in [0.25, 0.3) is 0 Å². The second-order valence-electron chi connectivity index (χ2n) is 8.09. The Morgan fingerprint density at radius 2 is 1.26 bits per heavy atom. The van der Waals surface area contributed by atoms with Crippen molar-refractivity contribution in [3.8, 4) is 17.2 Å². The Kier molecular flexibility index (Phi) is 14.1. The molecule has 0 aliphatic heterocycles. The van der Waals surface area contributed by atoms with Gasteiger partial charge in [-0.2, -0.15) is 0 Å². The average molecular weight is 581 g/mol. The molecule has 2 unspecified atom stereocenters. The first-order valence-corrected chi connectivity index (χ1v) is 17.1. The van der Waals surface area contributed by atoms with Crippen molar-refractivity contribution in [3.05, 3.63) is 91.0 Å². The standard InChI is InChI=1S/C27H39N2O6P3/c1-4-22-30-36(33-25-16-10-7-11-17-25)28-38(32-24-6-3,35-27-20-14-9-15-21-27)29-37(31-23-5-2)34-26-18-12-8-13-19-26/h7-21,28,37-38H,4-6,22-24H2,1-3H3. The SMILES string of the molecule is CCCOP(N[PH](N=[PH](OCCC)Oc1ccccc1)(OCCC)Oc1ccccc1)Oc1ccccc1. The van der Waals surface area contributed by atoms with Crippen LogP contribution in [0.4, 0.5) is 0 Å². The summed E-state index contributed by atoms with van der Waals surface area (Å²) < 4.78 is 42.8. The quantitative estimate of drug-likeness (QED) is 0.150. The Labute approximate surface area is 229 Å². The van der Waals surface area contributed by atoms with E-state index in [2.05, 4.69) is 4.86 Å². The van der Waals surface area contributed by atoms with Crippen LogP contribution in [0.5, 0.6) is 17.2 Å². The van der Waals surface area contributed by atoms with Gasteiger partial charge in [-0.1, -0.05) is 0 Å². The molecule has 0 fully saturated rings. The molecule has 2 atom stereocenters.